The monoisotopic (exact) mass is 327 g/mol. The van der Waals surface area contributed by atoms with Gasteiger partial charge in [0.05, 0.1) is 0 Å². The highest BCUT2D eigenvalue weighted by Gasteiger charge is 2.36. The molecule has 6 heteroatoms. The lowest BCUT2D eigenvalue weighted by molar-refractivity contribution is -0.148. The second-order valence-corrected chi connectivity index (χ2v) is 5.87. The maximum absolute atomic E-state index is 11.8. The molecule has 1 aliphatic heterocycles. The quantitative estimate of drug-likeness (QED) is 0.819. The molecule has 0 spiro atoms. The number of nitrogens with zero attached hydrogens (tertiary/aromatic N) is 1. The van der Waals surface area contributed by atoms with Crippen LogP contribution in [0.25, 0.3) is 0 Å². The molecule has 1 amide bonds. The fourth-order valence-electron chi connectivity index (χ4n) is 2.17. The van der Waals surface area contributed by atoms with Crippen LogP contribution in [0.15, 0.2) is 24.3 Å². The second-order valence-electron chi connectivity index (χ2n) is 4.57. The molecule has 1 saturated heterocycles. The molecule has 1 heterocycles. The first kappa shape index (κ1) is 13.9. The van der Waals surface area contributed by atoms with E-state index in [1.54, 1.807) is 12.1 Å². The number of aromatic hydroxyl groups is 1. The highest BCUT2D eigenvalue weighted by molar-refractivity contribution is 9.09. The Morgan fingerprint density at radius 2 is 2.05 bits per heavy atom. The number of phenols is 1. The number of benzene rings is 1. The molecule has 1 aromatic rings. The normalized spacial score (nSPS) is 20.6. The van der Waals surface area contributed by atoms with E-state index >= 15 is 0 Å². The van der Waals surface area contributed by atoms with Gasteiger partial charge in [0.1, 0.15) is 11.8 Å². The maximum Gasteiger partial charge on any atom is 0.326 e. The third-order valence-corrected chi connectivity index (χ3v) is 3.75. The molecular weight excluding hydrogens is 314 g/mol. The minimum Gasteiger partial charge on any atom is -0.508 e. The summed E-state index contributed by atoms with van der Waals surface area (Å²) in [6.07, 6.45) is 0.570. The lowest BCUT2D eigenvalue weighted by Crippen LogP contribution is -2.43. The molecule has 2 atom stereocenters. The zero-order valence-electron chi connectivity index (χ0n) is 10.1. The van der Waals surface area contributed by atoms with Gasteiger partial charge in [0.15, 0.2) is 0 Å². The molecule has 0 radical (unpaired) electrons. The van der Waals surface area contributed by atoms with Crippen molar-refractivity contribution in [2.75, 3.05) is 6.54 Å². The van der Waals surface area contributed by atoms with Gasteiger partial charge < -0.3 is 15.1 Å². The number of rotatable bonds is 4. The van der Waals surface area contributed by atoms with Crippen LogP contribution < -0.4 is 0 Å². The van der Waals surface area contributed by atoms with Crippen molar-refractivity contribution in [3.05, 3.63) is 29.8 Å². The smallest absolute Gasteiger partial charge is 0.326 e. The first-order valence-electron chi connectivity index (χ1n) is 5.91. The minimum atomic E-state index is -1.01. The molecule has 1 unspecified atom stereocenters. The number of amides is 1. The van der Waals surface area contributed by atoms with Crippen LogP contribution in [-0.4, -0.2) is 44.4 Å². The Kier molecular flexibility index (Phi) is 4.09. The van der Waals surface area contributed by atoms with Crippen molar-refractivity contribution in [2.24, 2.45) is 0 Å². The van der Waals surface area contributed by atoms with Crippen LogP contribution in [-0.2, 0) is 16.0 Å². The van der Waals surface area contributed by atoms with Crippen LogP contribution in [0, 0.1) is 0 Å². The molecule has 5 nitrogen and oxygen atoms in total. The first-order chi connectivity index (χ1) is 8.97. The number of aliphatic carboxylic acids is 1. The first-order valence-corrected chi connectivity index (χ1v) is 6.83. The summed E-state index contributed by atoms with van der Waals surface area (Å²) in [5.74, 6) is -1.02. The number of hydrogen-bond acceptors (Lipinski definition) is 3. The summed E-state index contributed by atoms with van der Waals surface area (Å²) in [5.41, 5.74) is 0.774. The molecular formula is C13H14BrNO4. The van der Waals surface area contributed by atoms with Gasteiger partial charge in [-0.05, 0) is 17.7 Å². The minimum absolute atomic E-state index is 0.0154. The van der Waals surface area contributed by atoms with Crippen LogP contribution >= 0.6 is 15.9 Å². The van der Waals surface area contributed by atoms with Gasteiger partial charge in [-0.3, -0.25) is 4.79 Å². The van der Waals surface area contributed by atoms with Gasteiger partial charge in [0.2, 0.25) is 5.91 Å². The van der Waals surface area contributed by atoms with Crippen molar-refractivity contribution >= 4 is 27.8 Å². The number of carboxylic acid groups (broad SMARTS) is 1. The van der Waals surface area contributed by atoms with E-state index < -0.39 is 12.0 Å². The Balaban J connectivity index is 2.15. The Bertz CT molecular complexity index is 488. The third-order valence-electron chi connectivity index (χ3n) is 3.14. The van der Waals surface area contributed by atoms with E-state index in [0.717, 1.165) is 5.56 Å². The highest BCUT2D eigenvalue weighted by Crippen LogP contribution is 2.23. The SMILES string of the molecule is O=C(O)[C@H](Cc1ccc(O)cc1)N1CC(Br)CC1=O. The predicted octanol–water partition coefficient (Wildman–Crippen LogP) is 1.38. The standard InChI is InChI=1S/C13H14BrNO4/c14-9-6-12(17)15(7-9)11(13(18)19)5-8-1-3-10(16)4-2-8/h1-4,9,11,16H,5-7H2,(H,18,19)/t9?,11-/m0/s1. The lowest BCUT2D eigenvalue weighted by atomic mass is 10.0. The Morgan fingerprint density at radius 3 is 2.53 bits per heavy atom. The van der Waals surface area contributed by atoms with E-state index in [9.17, 15) is 19.8 Å². The molecule has 2 N–H and O–H groups in total. The van der Waals surface area contributed by atoms with Crippen molar-refractivity contribution in [3.8, 4) is 5.75 Å². The van der Waals surface area contributed by atoms with E-state index in [1.165, 1.54) is 17.0 Å². The summed E-state index contributed by atoms with van der Waals surface area (Å²) in [5, 5.41) is 18.5. The Labute approximate surface area is 119 Å². The number of likely N-dealkylation sites (tertiary alicyclic amines) is 1. The van der Waals surface area contributed by atoms with Crippen molar-refractivity contribution < 1.29 is 19.8 Å². The summed E-state index contributed by atoms with van der Waals surface area (Å²) in [7, 11) is 0. The summed E-state index contributed by atoms with van der Waals surface area (Å²) >= 11 is 3.34. The van der Waals surface area contributed by atoms with Gasteiger partial charge in [0, 0.05) is 24.2 Å². The molecule has 1 fully saturated rings. The van der Waals surface area contributed by atoms with Crippen molar-refractivity contribution in [2.45, 2.75) is 23.7 Å². The van der Waals surface area contributed by atoms with Gasteiger partial charge in [-0.1, -0.05) is 28.1 Å². The largest absolute Gasteiger partial charge is 0.508 e. The van der Waals surface area contributed by atoms with Gasteiger partial charge in [-0.25, -0.2) is 4.79 Å². The molecule has 102 valence electrons. The summed E-state index contributed by atoms with van der Waals surface area (Å²) in [4.78, 5) is 24.5. The van der Waals surface area contributed by atoms with Gasteiger partial charge >= 0.3 is 5.97 Å². The number of phenolic OH excluding ortho intramolecular Hbond substituents is 1. The zero-order valence-corrected chi connectivity index (χ0v) is 11.7. The Morgan fingerprint density at radius 1 is 1.42 bits per heavy atom. The van der Waals surface area contributed by atoms with Crippen LogP contribution in [0.2, 0.25) is 0 Å². The Hall–Kier alpha value is -1.56. The van der Waals surface area contributed by atoms with E-state index in [-0.39, 0.29) is 22.9 Å². The summed E-state index contributed by atoms with van der Waals surface area (Å²) in [6.45, 7) is 0.411. The summed E-state index contributed by atoms with van der Waals surface area (Å²) in [6, 6.07) is 5.48. The van der Waals surface area contributed by atoms with Crippen LogP contribution in [0.3, 0.4) is 0 Å². The highest BCUT2D eigenvalue weighted by atomic mass is 79.9. The molecule has 1 aromatic carbocycles. The number of hydrogen-bond donors (Lipinski definition) is 2. The number of carbonyl (C=O) groups is 2. The zero-order chi connectivity index (χ0) is 14.0. The van der Waals surface area contributed by atoms with Crippen LogP contribution in [0.1, 0.15) is 12.0 Å². The molecule has 0 aromatic heterocycles. The molecule has 1 aliphatic rings. The second kappa shape index (κ2) is 5.61. The van der Waals surface area contributed by atoms with E-state index in [2.05, 4.69) is 15.9 Å². The van der Waals surface area contributed by atoms with Crippen molar-refractivity contribution in [3.63, 3.8) is 0 Å². The molecule has 0 aliphatic carbocycles. The number of carboxylic acids is 1. The number of carbonyl (C=O) groups excluding carboxylic acids is 1. The number of halogens is 1. The predicted molar refractivity (Wildman–Crippen MR) is 72.3 cm³/mol. The molecule has 0 bridgehead atoms. The van der Waals surface area contributed by atoms with E-state index in [1.807, 2.05) is 0 Å². The fourth-order valence-corrected chi connectivity index (χ4v) is 2.76. The fraction of sp³-hybridized carbons (Fsp3) is 0.385. The van der Waals surface area contributed by atoms with Crippen LogP contribution in [0.4, 0.5) is 0 Å². The van der Waals surface area contributed by atoms with E-state index in [0.29, 0.717) is 13.0 Å². The average molecular weight is 328 g/mol. The van der Waals surface area contributed by atoms with Crippen LogP contribution in [0.5, 0.6) is 5.75 Å². The molecule has 19 heavy (non-hydrogen) atoms. The number of alkyl halides is 1. The average Bonchev–Trinajstić information content (AvgIpc) is 2.67. The van der Waals surface area contributed by atoms with Gasteiger partial charge in [0.25, 0.3) is 0 Å². The van der Waals surface area contributed by atoms with Gasteiger partial charge in [-0.2, -0.15) is 0 Å². The topological polar surface area (TPSA) is 77.8 Å². The van der Waals surface area contributed by atoms with Gasteiger partial charge in [-0.15, -0.1) is 0 Å². The molecule has 2 rings (SSSR count). The third kappa shape index (κ3) is 3.26. The summed E-state index contributed by atoms with van der Waals surface area (Å²) < 4.78 is 0. The lowest BCUT2D eigenvalue weighted by Gasteiger charge is -2.24. The van der Waals surface area contributed by atoms with Crippen molar-refractivity contribution in [1.29, 1.82) is 0 Å². The van der Waals surface area contributed by atoms with Crippen molar-refractivity contribution in [1.82, 2.24) is 4.90 Å². The molecule has 0 saturated carbocycles. The van der Waals surface area contributed by atoms with E-state index in [4.69, 9.17) is 0 Å². The maximum atomic E-state index is 11.8.